The van der Waals surface area contributed by atoms with Gasteiger partial charge in [0.2, 0.25) is 15.9 Å². The molecular formula is C20H25ClN2O5S. The molecule has 0 aliphatic rings. The fourth-order valence-electron chi connectivity index (χ4n) is 2.87. The SMILES string of the molecule is COc1ccc([C@H](C)NC(=O)CN(c2cccc(Cl)c2C)S(C)(=O)=O)cc1OC. The topological polar surface area (TPSA) is 84.9 Å². The average molecular weight is 441 g/mol. The number of hydrogen-bond donors (Lipinski definition) is 1. The molecule has 0 bridgehead atoms. The molecule has 7 nitrogen and oxygen atoms in total. The summed E-state index contributed by atoms with van der Waals surface area (Å²) in [7, 11) is -0.623. The number of sulfonamides is 1. The molecular weight excluding hydrogens is 416 g/mol. The number of carbonyl (C=O) groups is 1. The summed E-state index contributed by atoms with van der Waals surface area (Å²) in [4.78, 5) is 12.6. The van der Waals surface area contributed by atoms with Crippen LogP contribution in [0, 0.1) is 6.92 Å². The Bertz CT molecular complexity index is 994. The van der Waals surface area contributed by atoms with E-state index in [1.165, 1.54) is 7.11 Å². The maximum absolute atomic E-state index is 12.6. The highest BCUT2D eigenvalue weighted by atomic mass is 35.5. The van der Waals surface area contributed by atoms with Crippen molar-refractivity contribution in [2.24, 2.45) is 0 Å². The van der Waals surface area contributed by atoms with Crippen molar-refractivity contribution in [1.29, 1.82) is 0 Å². The lowest BCUT2D eigenvalue weighted by molar-refractivity contribution is -0.120. The smallest absolute Gasteiger partial charge is 0.241 e. The van der Waals surface area contributed by atoms with E-state index in [4.69, 9.17) is 21.1 Å². The van der Waals surface area contributed by atoms with Crippen molar-refractivity contribution in [2.45, 2.75) is 19.9 Å². The van der Waals surface area contributed by atoms with E-state index < -0.39 is 15.9 Å². The Morgan fingerprint density at radius 2 is 1.83 bits per heavy atom. The zero-order valence-electron chi connectivity index (χ0n) is 17.0. The van der Waals surface area contributed by atoms with Gasteiger partial charge in [-0.15, -0.1) is 0 Å². The first-order valence-corrected chi connectivity index (χ1v) is 11.0. The quantitative estimate of drug-likeness (QED) is 0.680. The van der Waals surface area contributed by atoms with Crippen LogP contribution in [0.1, 0.15) is 24.1 Å². The number of benzene rings is 2. The van der Waals surface area contributed by atoms with Crippen molar-refractivity contribution in [3.63, 3.8) is 0 Å². The van der Waals surface area contributed by atoms with E-state index in [1.54, 1.807) is 51.3 Å². The molecule has 0 unspecified atom stereocenters. The first-order valence-electron chi connectivity index (χ1n) is 8.82. The van der Waals surface area contributed by atoms with Crippen LogP contribution in [0.15, 0.2) is 36.4 Å². The van der Waals surface area contributed by atoms with E-state index in [9.17, 15) is 13.2 Å². The molecule has 0 fully saturated rings. The molecule has 9 heteroatoms. The molecule has 0 aliphatic carbocycles. The van der Waals surface area contributed by atoms with Crippen molar-refractivity contribution in [1.82, 2.24) is 5.32 Å². The summed E-state index contributed by atoms with van der Waals surface area (Å²) in [6, 6.07) is 9.88. The van der Waals surface area contributed by atoms with Gasteiger partial charge in [-0.1, -0.05) is 23.7 Å². The van der Waals surface area contributed by atoms with Gasteiger partial charge in [0.25, 0.3) is 0 Å². The van der Waals surface area contributed by atoms with Crippen molar-refractivity contribution in [3.8, 4) is 11.5 Å². The zero-order valence-corrected chi connectivity index (χ0v) is 18.6. The Kier molecular flexibility index (Phi) is 7.37. The van der Waals surface area contributed by atoms with Crippen LogP contribution in [0.4, 0.5) is 5.69 Å². The Labute approximate surface area is 176 Å². The van der Waals surface area contributed by atoms with Crippen LogP contribution in [0.2, 0.25) is 5.02 Å². The van der Waals surface area contributed by atoms with Gasteiger partial charge in [-0.2, -0.15) is 0 Å². The first-order chi connectivity index (χ1) is 13.6. The molecule has 0 spiro atoms. The van der Waals surface area contributed by atoms with Gasteiger partial charge in [0.15, 0.2) is 11.5 Å². The van der Waals surface area contributed by atoms with Gasteiger partial charge in [0, 0.05) is 5.02 Å². The van der Waals surface area contributed by atoms with Gasteiger partial charge in [-0.3, -0.25) is 9.10 Å². The molecule has 29 heavy (non-hydrogen) atoms. The van der Waals surface area contributed by atoms with Crippen LogP contribution in [0.5, 0.6) is 11.5 Å². The maximum Gasteiger partial charge on any atom is 0.241 e. The number of amides is 1. The van der Waals surface area contributed by atoms with Gasteiger partial charge in [-0.25, -0.2) is 8.42 Å². The molecule has 0 aromatic heterocycles. The number of halogens is 1. The molecule has 2 rings (SSSR count). The maximum atomic E-state index is 12.6. The van der Waals surface area contributed by atoms with Gasteiger partial charge < -0.3 is 14.8 Å². The second kappa shape index (κ2) is 9.37. The number of methoxy groups -OCH3 is 2. The van der Waals surface area contributed by atoms with E-state index in [2.05, 4.69) is 5.32 Å². The minimum Gasteiger partial charge on any atom is -0.493 e. The number of anilines is 1. The average Bonchev–Trinajstić information content (AvgIpc) is 2.67. The van der Waals surface area contributed by atoms with Gasteiger partial charge in [-0.05, 0) is 49.2 Å². The summed E-state index contributed by atoms with van der Waals surface area (Å²) in [6.45, 7) is 3.15. The van der Waals surface area contributed by atoms with E-state index in [-0.39, 0.29) is 12.6 Å². The lowest BCUT2D eigenvalue weighted by Crippen LogP contribution is -2.41. The number of nitrogens with one attached hydrogen (secondary N) is 1. The van der Waals surface area contributed by atoms with Crippen LogP contribution in [-0.2, 0) is 14.8 Å². The highest BCUT2D eigenvalue weighted by Gasteiger charge is 2.24. The standard InChI is InChI=1S/C20H25ClN2O5S/c1-13-16(21)7-6-8-17(13)23(29(5,25)26)12-20(24)22-14(2)15-9-10-18(27-3)19(11-15)28-4/h6-11,14H,12H2,1-5H3,(H,22,24)/t14-/m0/s1. The lowest BCUT2D eigenvalue weighted by Gasteiger charge is -2.25. The molecule has 2 aromatic rings. The van der Waals surface area contributed by atoms with Crippen LogP contribution in [0.25, 0.3) is 0 Å². The highest BCUT2D eigenvalue weighted by molar-refractivity contribution is 7.92. The highest BCUT2D eigenvalue weighted by Crippen LogP contribution is 2.30. The number of hydrogen-bond acceptors (Lipinski definition) is 5. The lowest BCUT2D eigenvalue weighted by atomic mass is 10.1. The largest absolute Gasteiger partial charge is 0.493 e. The molecule has 2 aromatic carbocycles. The van der Waals surface area contributed by atoms with Crippen molar-refractivity contribution in [2.75, 3.05) is 31.3 Å². The third-order valence-corrected chi connectivity index (χ3v) is 6.02. The zero-order chi connectivity index (χ0) is 21.8. The minimum atomic E-state index is -3.70. The summed E-state index contributed by atoms with van der Waals surface area (Å²) in [5, 5.41) is 3.24. The summed E-state index contributed by atoms with van der Waals surface area (Å²) in [5.41, 5.74) is 1.75. The Morgan fingerprint density at radius 1 is 1.17 bits per heavy atom. The summed E-state index contributed by atoms with van der Waals surface area (Å²) in [6.07, 6.45) is 1.05. The Morgan fingerprint density at radius 3 is 2.41 bits per heavy atom. The molecule has 1 amide bonds. The second-order valence-electron chi connectivity index (χ2n) is 6.56. The molecule has 0 saturated carbocycles. The van der Waals surface area contributed by atoms with Crippen LogP contribution < -0.4 is 19.1 Å². The third kappa shape index (κ3) is 5.55. The number of nitrogens with zero attached hydrogens (tertiary/aromatic N) is 1. The Balaban J connectivity index is 2.21. The summed E-state index contributed by atoms with van der Waals surface area (Å²) in [5.74, 6) is 0.671. The number of ether oxygens (including phenoxy) is 2. The minimum absolute atomic E-state index is 0.363. The fourth-order valence-corrected chi connectivity index (χ4v) is 3.95. The van der Waals surface area contributed by atoms with Crippen molar-refractivity contribution >= 4 is 33.2 Å². The summed E-state index contributed by atoms with van der Waals surface area (Å²) < 4.78 is 36.2. The van der Waals surface area contributed by atoms with E-state index in [0.29, 0.717) is 27.8 Å². The van der Waals surface area contributed by atoms with Crippen molar-refractivity contribution in [3.05, 3.63) is 52.5 Å². The van der Waals surface area contributed by atoms with E-state index in [1.807, 2.05) is 6.07 Å². The first kappa shape index (κ1) is 22.8. The molecule has 0 heterocycles. The number of rotatable bonds is 8. The predicted molar refractivity (Wildman–Crippen MR) is 114 cm³/mol. The third-order valence-electron chi connectivity index (χ3n) is 4.48. The van der Waals surface area contributed by atoms with Gasteiger partial charge >= 0.3 is 0 Å². The Hall–Kier alpha value is -2.45. The van der Waals surface area contributed by atoms with Gasteiger partial charge in [0.05, 0.1) is 32.2 Å². The van der Waals surface area contributed by atoms with Gasteiger partial charge in [0.1, 0.15) is 6.54 Å². The van der Waals surface area contributed by atoms with Crippen LogP contribution in [-0.4, -0.2) is 41.3 Å². The molecule has 1 atom stereocenters. The molecule has 0 radical (unpaired) electrons. The fraction of sp³-hybridized carbons (Fsp3) is 0.350. The molecule has 158 valence electrons. The number of carbonyl (C=O) groups excluding carboxylic acids is 1. The molecule has 0 saturated heterocycles. The predicted octanol–water partition coefficient (Wildman–Crippen LogP) is 3.31. The van der Waals surface area contributed by atoms with Crippen molar-refractivity contribution < 1.29 is 22.7 Å². The second-order valence-corrected chi connectivity index (χ2v) is 8.87. The monoisotopic (exact) mass is 440 g/mol. The summed E-state index contributed by atoms with van der Waals surface area (Å²) >= 11 is 6.12. The van der Waals surface area contributed by atoms with E-state index in [0.717, 1.165) is 16.1 Å². The van der Waals surface area contributed by atoms with Crippen LogP contribution in [0.3, 0.4) is 0 Å². The normalized spacial score (nSPS) is 12.2. The molecule has 1 N–H and O–H groups in total. The van der Waals surface area contributed by atoms with Crippen LogP contribution >= 0.6 is 11.6 Å². The molecule has 0 aliphatic heterocycles. The van der Waals surface area contributed by atoms with E-state index >= 15 is 0 Å².